The molecule has 0 saturated carbocycles. The predicted molar refractivity (Wildman–Crippen MR) is 80.1 cm³/mol. The van der Waals surface area contributed by atoms with E-state index in [4.69, 9.17) is 9.47 Å². The zero-order valence-corrected chi connectivity index (χ0v) is 13.2. The Morgan fingerprint density at radius 2 is 1.62 bits per heavy atom. The molecule has 4 heteroatoms. The lowest BCUT2D eigenvalue weighted by Crippen LogP contribution is -2.22. The Labute approximate surface area is 125 Å². The highest BCUT2D eigenvalue weighted by atomic mass is 16.5. The number of carbonyl (C=O) groups is 2. The summed E-state index contributed by atoms with van der Waals surface area (Å²) in [6.07, 6.45) is 4.23. The molecule has 0 amide bonds. The first-order valence-electron chi connectivity index (χ1n) is 7.43. The fourth-order valence-corrected chi connectivity index (χ4v) is 3.21. The third-order valence-electron chi connectivity index (χ3n) is 4.21. The minimum absolute atomic E-state index is 0.190. The van der Waals surface area contributed by atoms with Crippen LogP contribution >= 0.6 is 0 Å². The van der Waals surface area contributed by atoms with Crippen molar-refractivity contribution in [1.29, 1.82) is 0 Å². The monoisotopic (exact) mass is 290 g/mol. The van der Waals surface area contributed by atoms with Crippen molar-refractivity contribution in [1.82, 2.24) is 0 Å². The van der Waals surface area contributed by atoms with Crippen LogP contribution in [-0.2, 0) is 22.4 Å². The summed E-state index contributed by atoms with van der Waals surface area (Å²) in [5, 5.41) is 0. The number of hydrogen-bond donors (Lipinski definition) is 0. The van der Waals surface area contributed by atoms with Gasteiger partial charge in [0.15, 0.2) is 0 Å². The van der Waals surface area contributed by atoms with E-state index in [1.807, 2.05) is 13.8 Å². The summed E-state index contributed by atoms with van der Waals surface area (Å²) in [6.45, 7) is 5.74. The van der Waals surface area contributed by atoms with E-state index in [0.29, 0.717) is 11.3 Å². The highest BCUT2D eigenvalue weighted by Gasteiger charge is 2.29. The smallest absolute Gasteiger partial charge is 0.379 e. The lowest BCUT2D eigenvalue weighted by atomic mass is 9.82. The van der Waals surface area contributed by atoms with Crippen LogP contribution in [0.2, 0.25) is 0 Å². The maximum atomic E-state index is 12.4. The first kappa shape index (κ1) is 15.5. The Bertz CT molecular complexity index is 587. The molecule has 114 valence electrons. The predicted octanol–water partition coefficient (Wildman–Crippen LogP) is 2.94. The van der Waals surface area contributed by atoms with Gasteiger partial charge in [0.2, 0.25) is 0 Å². The van der Waals surface area contributed by atoms with Gasteiger partial charge in [-0.15, -0.1) is 0 Å². The number of Topliss-reactive ketones (excluding diaryl/α,β-unsaturated/α-hetero) is 1. The molecule has 4 nitrogen and oxygen atoms in total. The van der Waals surface area contributed by atoms with Crippen LogP contribution in [0.15, 0.2) is 0 Å². The van der Waals surface area contributed by atoms with E-state index in [2.05, 4.69) is 0 Å². The van der Waals surface area contributed by atoms with E-state index in [-0.39, 0.29) is 6.61 Å². The van der Waals surface area contributed by atoms with Gasteiger partial charge in [-0.25, -0.2) is 4.79 Å². The van der Waals surface area contributed by atoms with Crippen molar-refractivity contribution >= 4 is 11.8 Å². The van der Waals surface area contributed by atoms with Crippen LogP contribution in [-0.4, -0.2) is 25.5 Å². The zero-order valence-electron chi connectivity index (χ0n) is 13.2. The summed E-state index contributed by atoms with van der Waals surface area (Å²) >= 11 is 0. The van der Waals surface area contributed by atoms with Gasteiger partial charge in [0.25, 0.3) is 5.78 Å². The fraction of sp³-hybridized carbons (Fsp3) is 0.529. The highest BCUT2D eigenvalue weighted by molar-refractivity contribution is 6.41. The minimum Gasteiger partial charge on any atom is -0.496 e. The number of hydrogen-bond acceptors (Lipinski definition) is 4. The van der Waals surface area contributed by atoms with Gasteiger partial charge < -0.3 is 9.47 Å². The number of carbonyl (C=O) groups excluding carboxylic acids is 2. The summed E-state index contributed by atoms with van der Waals surface area (Å²) < 4.78 is 10.3. The lowest BCUT2D eigenvalue weighted by molar-refractivity contribution is -0.137. The molecule has 21 heavy (non-hydrogen) atoms. The number of benzene rings is 1. The molecular weight excluding hydrogens is 268 g/mol. The molecule has 1 aromatic rings. The largest absolute Gasteiger partial charge is 0.496 e. The number of ketones is 1. The Hall–Kier alpha value is -1.84. The topological polar surface area (TPSA) is 52.6 Å². The number of methoxy groups -OCH3 is 1. The third-order valence-corrected chi connectivity index (χ3v) is 4.21. The average molecular weight is 290 g/mol. The van der Waals surface area contributed by atoms with Gasteiger partial charge in [0.05, 0.1) is 19.3 Å². The second kappa shape index (κ2) is 6.29. The number of ether oxygens (including phenoxy) is 2. The van der Waals surface area contributed by atoms with Crippen LogP contribution in [0.25, 0.3) is 0 Å². The number of esters is 1. The van der Waals surface area contributed by atoms with E-state index >= 15 is 0 Å². The molecule has 2 rings (SSSR count). The van der Waals surface area contributed by atoms with Gasteiger partial charge in [-0.1, -0.05) is 0 Å². The van der Waals surface area contributed by atoms with Crippen LogP contribution in [0.1, 0.15) is 52.4 Å². The van der Waals surface area contributed by atoms with Gasteiger partial charge >= 0.3 is 5.97 Å². The van der Waals surface area contributed by atoms with Crippen molar-refractivity contribution in [2.75, 3.05) is 13.7 Å². The van der Waals surface area contributed by atoms with Crippen LogP contribution in [0, 0.1) is 13.8 Å². The SMILES string of the molecule is CCOC(=O)C(=O)c1c(C)c2c(c(C)c1OC)CCCC2. The molecule has 1 aromatic carbocycles. The summed E-state index contributed by atoms with van der Waals surface area (Å²) in [7, 11) is 1.54. The molecular formula is C17H22O4. The summed E-state index contributed by atoms with van der Waals surface area (Å²) in [5.41, 5.74) is 4.69. The number of rotatable bonds is 4. The van der Waals surface area contributed by atoms with Gasteiger partial charge in [0, 0.05) is 0 Å². The lowest BCUT2D eigenvalue weighted by Gasteiger charge is -2.25. The molecule has 0 aromatic heterocycles. The van der Waals surface area contributed by atoms with Crippen LogP contribution < -0.4 is 4.74 Å². The van der Waals surface area contributed by atoms with E-state index in [0.717, 1.165) is 36.8 Å². The first-order valence-corrected chi connectivity index (χ1v) is 7.43. The van der Waals surface area contributed by atoms with E-state index in [9.17, 15) is 9.59 Å². The third kappa shape index (κ3) is 2.67. The molecule has 0 aliphatic heterocycles. The van der Waals surface area contributed by atoms with Gasteiger partial charge in [0.1, 0.15) is 5.75 Å². The van der Waals surface area contributed by atoms with Crippen molar-refractivity contribution < 1.29 is 19.1 Å². The van der Waals surface area contributed by atoms with Crippen LogP contribution in [0.3, 0.4) is 0 Å². The fourth-order valence-electron chi connectivity index (χ4n) is 3.21. The zero-order chi connectivity index (χ0) is 15.6. The quantitative estimate of drug-likeness (QED) is 0.486. The van der Waals surface area contributed by atoms with Gasteiger partial charge in [-0.05, 0) is 68.7 Å². The van der Waals surface area contributed by atoms with Crippen LogP contribution in [0.5, 0.6) is 5.75 Å². The standard InChI is InChI=1S/C17H22O4/c1-5-21-17(19)15(18)14-10(2)12-8-6-7-9-13(12)11(3)16(14)20-4/h5-9H2,1-4H3. The summed E-state index contributed by atoms with van der Waals surface area (Å²) in [6, 6.07) is 0. The molecule has 1 aliphatic rings. The Morgan fingerprint density at radius 1 is 1.05 bits per heavy atom. The molecule has 1 aliphatic carbocycles. The maximum absolute atomic E-state index is 12.4. The van der Waals surface area contributed by atoms with Crippen LogP contribution in [0.4, 0.5) is 0 Å². The molecule has 0 heterocycles. The van der Waals surface area contributed by atoms with E-state index < -0.39 is 11.8 Å². The molecule has 0 bridgehead atoms. The molecule has 0 N–H and O–H groups in total. The first-order chi connectivity index (χ1) is 10.0. The Morgan fingerprint density at radius 3 is 2.14 bits per heavy atom. The van der Waals surface area contributed by atoms with Crippen molar-refractivity contribution in [3.05, 3.63) is 27.8 Å². The summed E-state index contributed by atoms with van der Waals surface area (Å²) in [4.78, 5) is 24.2. The van der Waals surface area contributed by atoms with Crippen molar-refractivity contribution in [3.8, 4) is 5.75 Å². The highest BCUT2D eigenvalue weighted by Crippen LogP contribution is 2.37. The van der Waals surface area contributed by atoms with Crippen molar-refractivity contribution in [3.63, 3.8) is 0 Å². The molecule has 0 spiro atoms. The normalized spacial score (nSPS) is 13.5. The van der Waals surface area contributed by atoms with Gasteiger partial charge in [-0.2, -0.15) is 0 Å². The molecule has 0 fully saturated rings. The Kier molecular flexibility index (Phi) is 4.66. The molecule has 0 radical (unpaired) electrons. The van der Waals surface area contributed by atoms with Crippen molar-refractivity contribution in [2.24, 2.45) is 0 Å². The maximum Gasteiger partial charge on any atom is 0.379 e. The average Bonchev–Trinajstić information content (AvgIpc) is 2.50. The van der Waals surface area contributed by atoms with Gasteiger partial charge in [-0.3, -0.25) is 4.79 Å². The summed E-state index contributed by atoms with van der Waals surface area (Å²) in [5.74, 6) is -0.900. The van der Waals surface area contributed by atoms with E-state index in [1.165, 1.54) is 11.1 Å². The molecule has 0 atom stereocenters. The van der Waals surface area contributed by atoms with Crippen molar-refractivity contribution in [2.45, 2.75) is 46.5 Å². The van der Waals surface area contributed by atoms with E-state index in [1.54, 1.807) is 14.0 Å². The minimum atomic E-state index is -0.811. The second-order valence-electron chi connectivity index (χ2n) is 5.37. The number of fused-ring (bicyclic) bond motifs is 1. The molecule has 0 saturated heterocycles. The second-order valence-corrected chi connectivity index (χ2v) is 5.37. The Balaban J connectivity index is 2.62. The molecule has 0 unspecified atom stereocenters.